The third-order valence-corrected chi connectivity index (χ3v) is 3.00. The Bertz CT molecular complexity index is 833. The summed E-state index contributed by atoms with van der Waals surface area (Å²) in [7, 11) is 0. The molecular formula is C14H12FN5O2. The van der Waals surface area contributed by atoms with Gasteiger partial charge in [0, 0.05) is 12.7 Å². The Hall–Kier alpha value is -3.16. The van der Waals surface area contributed by atoms with Crippen LogP contribution in [-0.4, -0.2) is 25.7 Å². The molecule has 3 N–H and O–H groups in total. The summed E-state index contributed by atoms with van der Waals surface area (Å²) < 4.78 is 14.8. The van der Waals surface area contributed by atoms with Gasteiger partial charge in [-0.3, -0.25) is 9.72 Å². The van der Waals surface area contributed by atoms with Crippen LogP contribution in [0.1, 0.15) is 5.56 Å². The van der Waals surface area contributed by atoms with Crippen LogP contribution in [0, 0.1) is 5.82 Å². The van der Waals surface area contributed by atoms with Crippen molar-refractivity contribution in [2.75, 3.05) is 5.32 Å². The maximum atomic E-state index is 13.2. The van der Waals surface area contributed by atoms with E-state index in [0.29, 0.717) is 11.2 Å². The topological polar surface area (TPSA) is 91.5 Å². The molecule has 0 unspecified atom stereocenters. The second kappa shape index (κ2) is 5.68. The number of hydrogen-bond acceptors (Lipinski definition) is 4. The molecule has 22 heavy (non-hydrogen) atoms. The molecule has 2 heterocycles. The smallest absolute Gasteiger partial charge is 0.321 e. The number of aromatic hydroxyl groups is 1. The molecule has 0 radical (unpaired) electrons. The molecule has 0 aliphatic heterocycles. The van der Waals surface area contributed by atoms with E-state index in [1.807, 2.05) is 6.07 Å². The quantitative estimate of drug-likeness (QED) is 0.689. The van der Waals surface area contributed by atoms with Crippen molar-refractivity contribution in [1.82, 2.24) is 19.9 Å². The van der Waals surface area contributed by atoms with E-state index in [1.54, 1.807) is 22.7 Å². The van der Waals surface area contributed by atoms with E-state index in [-0.39, 0.29) is 12.5 Å². The van der Waals surface area contributed by atoms with Gasteiger partial charge in [0.15, 0.2) is 17.2 Å². The number of aromatic nitrogens is 3. The lowest BCUT2D eigenvalue weighted by molar-refractivity contribution is 0.251. The summed E-state index contributed by atoms with van der Waals surface area (Å²) in [6, 6.07) is 8.77. The average Bonchev–Trinajstić information content (AvgIpc) is 2.92. The van der Waals surface area contributed by atoms with E-state index in [4.69, 9.17) is 5.11 Å². The predicted molar refractivity (Wildman–Crippen MR) is 76.9 cm³/mol. The molecule has 112 valence electrons. The predicted octanol–water partition coefficient (Wildman–Crippen LogP) is 1.90. The first-order valence-corrected chi connectivity index (χ1v) is 6.45. The van der Waals surface area contributed by atoms with Crippen molar-refractivity contribution in [2.24, 2.45) is 0 Å². The minimum absolute atomic E-state index is 0.111. The summed E-state index contributed by atoms with van der Waals surface area (Å²) in [5.74, 6) is -0.878. The number of pyridine rings is 1. The van der Waals surface area contributed by atoms with Crippen molar-refractivity contribution in [1.29, 1.82) is 0 Å². The lowest BCUT2D eigenvalue weighted by atomic mass is 10.2. The van der Waals surface area contributed by atoms with Gasteiger partial charge in [0.2, 0.25) is 5.95 Å². The fourth-order valence-corrected chi connectivity index (χ4v) is 1.92. The number of anilines is 1. The van der Waals surface area contributed by atoms with Crippen LogP contribution in [0.2, 0.25) is 0 Å². The van der Waals surface area contributed by atoms with Crippen LogP contribution in [0.15, 0.2) is 42.6 Å². The van der Waals surface area contributed by atoms with Crippen molar-refractivity contribution in [3.05, 3.63) is 54.0 Å². The summed E-state index contributed by atoms with van der Waals surface area (Å²) in [5, 5.41) is 22.0. The normalized spacial score (nSPS) is 10.6. The van der Waals surface area contributed by atoms with E-state index in [1.165, 1.54) is 12.1 Å². The maximum absolute atomic E-state index is 13.2. The SMILES string of the molecule is O=C(NCc1ccc(O)c(F)c1)Nc1nnc2ccccn12. The van der Waals surface area contributed by atoms with Crippen molar-refractivity contribution in [3.63, 3.8) is 0 Å². The molecule has 0 saturated heterocycles. The first-order valence-electron chi connectivity index (χ1n) is 6.45. The van der Waals surface area contributed by atoms with E-state index in [0.717, 1.165) is 6.07 Å². The van der Waals surface area contributed by atoms with Crippen molar-refractivity contribution in [3.8, 4) is 5.75 Å². The molecule has 3 rings (SSSR count). The van der Waals surface area contributed by atoms with Crippen LogP contribution in [0.5, 0.6) is 5.75 Å². The number of rotatable bonds is 3. The maximum Gasteiger partial charge on any atom is 0.321 e. The standard InChI is InChI=1S/C14H12FN5O2/c15-10-7-9(4-5-11(10)21)8-16-14(22)17-13-19-18-12-3-1-2-6-20(12)13/h1-7,21H,8H2,(H2,16,17,19,22). The van der Waals surface area contributed by atoms with Gasteiger partial charge in [-0.15, -0.1) is 10.2 Å². The zero-order valence-corrected chi connectivity index (χ0v) is 11.3. The third-order valence-electron chi connectivity index (χ3n) is 3.00. The number of hydrogen-bond donors (Lipinski definition) is 3. The number of nitrogens with zero attached hydrogens (tertiary/aromatic N) is 3. The van der Waals surface area contributed by atoms with Crippen LogP contribution in [0.4, 0.5) is 15.1 Å². The third kappa shape index (κ3) is 2.80. The van der Waals surface area contributed by atoms with Crippen molar-refractivity contribution >= 4 is 17.6 Å². The van der Waals surface area contributed by atoms with Crippen LogP contribution < -0.4 is 10.6 Å². The van der Waals surface area contributed by atoms with Gasteiger partial charge in [-0.2, -0.15) is 0 Å². The molecule has 0 spiro atoms. The number of phenols is 1. The van der Waals surface area contributed by atoms with Crippen LogP contribution in [-0.2, 0) is 6.54 Å². The molecule has 0 bridgehead atoms. The molecule has 2 amide bonds. The fourth-order valence-electron chi connectivity index (χ4n) is 1.92. The van der Waals surface area contributed by atoms with Crippen LogP contribution in [0.25, 0.3) is 5.65 Å². The molecule has 0 aliphatic carbocycles. The van der Waals surface area contributed by atoms with Gasteiger partial charge in [0.05, 0.1) is 0 Å². The molecule has 7 nitrogen and oxygen atoms in total. The number of fused-ring (bicyclic) bond motifs is 1. The molecule has 0 atom stereocenters. The first-order chi connectivity index (χ1) is 10.6. The summed E-state index contributed by atoms with van der Waals surface area (Å²) in [6.07, 6.45) is 1.72. The Morgan fingerprint density at radius 3 is 2.95 bits per heavy atom. The molecule has 8 heteroatoms. The summed E-state index contributed by atoms with van der Waals surface area (Å²) in [6.45, 7) is 0.111. The molecular weight excluding hydrogens is 289 g/mol. The first kappa shape index (κ1) is 13.8. The van der Waals surface area contributed by atoms with Gasteiger partial charge in [-0.1, -0.05) is 12.1 Å². The molecule has 1 aromatic carbocycles. The summed E-state index contributed by atoms with van der Waals surface area (Å²) in [4.78, 5) is 11.8. The number of halogens is 1. The van der Waals surface area contributed by atoms with Gasteiger partial charge in [0.25, 0.3) is 0 Å². The molecule has 2 aromatic heterocycles. The second-order valence-electron chi connectivity index (χ2n) is 4.55. The molecule has 3 aromatic rings. The van der Waals surface area contributed by atoms with E-state index < -0.39 is 17.6 Å². The second-order valence-corrected chi connectivity index (χ2v) is 4.55. The molecule has 0 saturated carbocycles. The zero-order chi connectivity index (χ0) is 15.5. The lowest BCUT2D eigenvalue weighted by Gasteiger charge is -2.07. The Labute approximate surface area is 124 Å². The van der Waals surface area contributed by atoms with Gasteiger partial charge in [-0.25, -0.2) is 9.18 Å². The Kier molecular flexibility index (Phi) is 3.57. The highest BCUT2D eigenvalue weighted by atomic mass is 19.1. The largest absolute Gasteiger partial charge is 0.505 e. The van der Waals surface area contributed by atoms with Gasteiger partial charge >= 0.3 is 6.03 Å². The number of urea groups is 1. The number of benzene rings is 1. The highest BCUT2D eigenvalue weighted by Crippen LogP contribution is 2.16. The van der Waals surface area contributed by atoms with Crippen molar-refractivity contribution < 1.29 is 14.3 Å². The monoisotopic (exact) mass is 301 g/mol. The van der Waals surface area contributed by atoms with E-state index >= 15 is 0 Å². The minimum Gasteiger partial charge on any atom is -0.505 e. The van der Waals surface area contributed by atoms with Crippen LogP contribution >= 0.6 is 0 Å². The number of phenolic OH excluding ortho intramolecular Hbond substituents is 1. The minimum atomic E-state index is -0.733. The van der Waals surface area contributed by atoms with Gasteiger partial charge in [0.1, 0.15) is 0 Å². The highest BCUT2D eigenvalue weighted by Gasteiger charge is 2.09. The molecule has 0 aliphatic rings. The summed E-state index contributed by atoms with van der Waals surface area (Å²) >= 11 is 0. The Morgan fingerprint density at radius 1 is 1.27 bits per heavy atom. The number of carbonyl (C=O) groups is 1. The highest BCUT2D eigenvalue weighted by molar-refractivity contribution is 5.87. The lowest BCUT2D eigenvalue weighted by Crippen LogP contribution is -2.29. The number of nitrogens with one attached hydrogen (secondary N) is 2. The van der Waals surface area contributed by atoms with E-state index in [9.17, 15) is 9.18 Å². The average molecular weight is 301 g/mol. The number of carbonyl (C=O) groups excluding carboxylic acids is 1. The number of amides is 2. The Balaban J connectivity index is 1.64. The van der Waals surface area contributed by atoms with Gasteiger partial charge < -0.3 is 10.4 Å². The van der Waals surface area contributed by atoms with Crippen molar-refractivity contribution in [2.45, 2.75) is 6.54 Å². The molecule has 0 fully saturated rings. The summed E-state index contributed by atoms with van der Waals surface area (Å²) in [5.41, 5.74) is 1.13. The van der Waals surface area contributed by atoms with Gasteiger partial charge in [-0.05, 0) is 29.8 Å². The fraction of sp³-hybridized carbons (Fsp3) is 0.0714. The van der Waals surface area contributed by atoms with E-state index in [2.05, 4.69) is 20.8 Å². The zero-order valence-electron chi connectivity index (χ0n) is 11.3. The van der Waals surface area contributed by atoms with Crippen LogP contribution in [0.3, 0.4) is 0 Å². The Morgan fingerprint density at radius 2 is 2.14 bits per heavy atom.